The number of aromatic amines is 1. The number of nitrogens with one attached hydrogen (secondary N) is 1. The lowest BCUT2D eigenvalue weighted by Gasteiger charge is -2.10. The van der Waals surface area contributed by atoms with E-state index in [0.29, 0.717) is 23.8 Å². The van der Waals surface area contributed by atoms with Crippen molar-refractivity contribution < 1.29 is 19.0 Å². The first-order valence-electron chi connectivity index (χ1n) is 6.28. The van der Waals surface area contributed by atoms with E-state index in [9.17, 15) is 4.79 Å². The number of hydrogen-bond acceptors (Lipinski definition) is 4. The van der Waals surface area contributed by atoms with Crippen molar-refractivity contribution in [2.45, 2.75) is 6.92 Å². The van der Waals surface area contributed by atoms with Gasteiger partial charge in [0.15, 0.2) is 11.5 Å². The summed E-state index contributed by atoms with van der Waals surface area (Å²) in [5, 5.41) is 0. The molecule has 1 N–H and O–H groups in total. The number of benzene rings is 1. The summed E-state index contributed by atoms with van der Waals surface area (Å²) in [5.74, 6) is 0.882. The Hall–Kier alpha value is -2.43. The van der Waals surface area contributed by atoms with E-state index in [-0.39, 0.29) is 5.97 Å². The number of H-pyrrole nitrogens is 1. The number of carbonyl (C=O) groups excluding carboxylic acids is 1. The monoisotopic (exact) mass is 275 g/mol. The van der Waals surface area contributed by atoms with E-state index < -0.39 is 0 Å². The summed E-state index contributed by atoms with van der Waals surface area (Å²) in [6.45, 7) is 2.11. The molecule has 0 bridgehead atoms. The molecule has 1 aromatic heterocycles. The highest BCUT2D eigenvalue weighted by Crippen LogP contribution is 2.33. The largest absolute Gasteiger partial charge is 0.493 e. The van der Waals surface area contributed by atoms with Crippen molar-refractivity contribution in [2.75, 3.05) is 20.8 Å². The third-order valence-corrected chi connectivity index (χ3v) is 2.92. The number of methoxy groups -OCH3 is 2. The lowest BCUT2D eigenvalue weighted by molar-refractivity contribution is 0.0521. The first-order chi connectivity index (χ1) is 9.71. The molecule has 0 atom stereocenters. The zero-order valence-corrected chi connectivity index (χ0v) is 11.7. The van der Waals surface area contributed by atoms with E-state index in [4.69, 9.17) is 14.2 Å². The van der Waals surface area contributed by atoms with Crippen molar-refractivity contribution in [1.82, 2.24) is 4.98 Å². The average Bonchev–Trinajstić information content (AvgIpc) is 2.96. The molecule has 1 heterocycles. The Morgan fingerprint density at radius 1 is 1.15 bits per heavy atom. The van der Waals surface area contributed by atoms with Crippen LogP contribution < -0.4 is 9.47 Å². The molecule has 0 radical (unpaired) electrons. The second kappa shape index (κ2) is 6.14. The normalized spacial score (nSPS) is 10.2. The Kier molecular flexibility index (Phi) is 4.30. The maximum atomic E-state index is 11.9. The molecule has 0 saturated heterocycles. The average molecular weight is 275 g/mol. The second-order valence-electron chi connectivity index (χ2n) is 4.06. The van der Waals surface area contributed by atoms with Gasteiger partial charge in [-0.15, -0.1) is 0 Å². The van der Waals surface area contributed by atoms with E-state index in [1.807, 2.05) is 18.2 Å². The van der Waals surface area contributed by atoms with Crippen molar-refractivity contribution in [3.05, 3.63) is 36.2 Å². The summed E-state index contributed by atoms with van der Waals surface area (Å²) in [4.78, 5) is 14.8. The van der Waals surface area contributed by atoms with Crippen molar-refractivity contribution in [2.24, 2.45) is 0 Å². The molecule has 1 aromatic carbocycles. The van der Waals surface area contributed by atoms with Crippen molar-refractivity contribution in [1.29, 1.82) is 0 Å². The van der Waals surface area contributed by atoms with E-state index in [1.54, 1.807) is 33.4 Å². The minimum absolute atomic E-state index is 0.337. The quantitative estimate of drug-likeness (QED) is 0.852. The Balaban J connectivity index is 2.42. The second-order valence-corrected chi connectivity index (χ2v) is 4.06. The summed E-state index contributed by atoms with van der Waals surface area (Å²) >= 11 is 0. The molecule has 0 unspecified atom stereocenters. The minimum atomic E-state index is -0.373. The molecular formula is C15H17NO4. The van der Waals surface area contributed by atoms with E-state index in [1.165, 1.54) is 0 Å². The fraction of sp³-hybridized carbons (Fsp3) is 0.267. The van der Waals surface area contributed by atoms with E-state index in [0.717, 1.165) is 11.1 Å². The lowest BCUT2D eigenvalue weighted by atomic mass is 10.1. The smallest absolute Gasteiger partial charge is 0.355 e. The molecule has 106 valence electrons. The SMILES string of the molecule is CCOC(=O)c1[nH]ccc1-c1ccc(OC)c(OC)c1. The van der Waals surface area contributed by atoms with Gasteiger partial charge in [0.2, 0.25) is 0 Å². The van der Waals surface area contributed by atoms with Gasteiger partial charge in [0, 0.05) is 11.8 Å². The van der Waals surface area contributed by atoms with Gasteiger partial charge in [-0.3, -0.25) is 0 Å². The van der Waals surface area contributed by atoms with Crippen LogP contribution in [0.3, 0.4) is 0 Å². The van der Waals surface area contributed by atoms with Crippen LogP contribution in [0.5, 0.6) is 11.5 Å². The maximum Gasteiger partial charge on any atom is 0.355 e. The molecule has 0 fully saturated rings. The molecular weight excluding hydrogens is 258 g/mol. The van der Waals surface area contributed by atoms with Crippen LogP contribution in [0.2, 0.25) is 0 Å². The van der Waals surface area contributed by atoms with Gasteiger partial charge in [0.05, 0.1) is 20.8 Å². The molecule has 5 heteroatoms. The van der Waals surface area contributed by atoms with Gasteiger partial charge < -0.3 is 19.2 Å². The Morgan fingerprint density at radius 3 is 2.55 bits per heavy atom. The van der Waals surface area contributed by atoms with Crippen molar-refractivity contribution in [3.8, 4) is 22.6 Å². The fourth-order valence-electron chi connectivity index (χ4n) is 1.99. The maximum absolute atomic E-state index is 11.9. The van der Waals surface area contributed by atoms with Crippen LogP contribution in [0, 0.1) is 0 Å². The van der Waals surface area contributed by atoms with E-state index >= 15 is 0 Å². The summed E-state index contributed by atoms with van der Waals surface area (Å²) in [6.07, 6.45) is 1.71. The molecule has 0 spiro atoms. The summed E-state index contributed by atoms with van der Waals surface area (Å²) in [6, 6.07) is 7.32. The fourth-order valence-corrected chi connectivity index (χ4v) is 1.99. The first-order valence-corrected chi connectivity index (χ1v) is 6.28. The van der Waals surface area contributed by atoms with Gasteiger partial charge in [-0.1, -0.05) is 6.07 Å². The standard InChI is InChI=1S/C15H17NO4/c1-4-20-15(17)14-11(7-8-16-14)10-5-6-12(18-2)13(9-10)19-3/h5-9,16H,4H2,1-3H3. The summed E-state index contributed by atoms with van der Waals surface area (Å²) in [5.41, 5.74) is 2.05. The molecule has 0 amide bonds. The number of carbonyl (C=O) groups is 1. The van der Waals surface area contributed by atoms with Crippen molar-refractivity contribution in [3.63, 3.8) is 0 Å². The highest BCUT2D eigenvalue weighted by molar-refractivity contribution is 5.95. The number of esters is 1. The van der Waals surface area contributed by atoms with E-state index in [2.05, 4.69) is 4.98 Å². The predicted octanol–water partition coefficient (Wildman–Crippen LogP) is 2.88. The van der Waals surface area contributed by atoms with Gasteiger partial charge in [-0.2, -0.15) is 0 Å². The number of rotatable bonds is 5. The molecule has 20 heavy (non-hydrogen) atoms. The predicted molar refractivity (Wildman–Crippen MR) is 75.3 cm³/mol. The molecule has 5 nitrogen and oxygen atoms in total. The number of aromatic nitrogens is 1. The molecule has 0 aliphatic carbocycles. The molecule has 2 aromatic rings. The molecule has 0 aliphatic rings. The van der Waals surface area contributed by atoms with Crippen molar-refractivity contribution >= 4 is 5.97 Å². The molecule has 0 aliphatic heterocycles. The zero-order valence-electron chi connectivity index (χ0n) is 11.7. The topological polar surface area (TPSA) is 60.6 Å². The third kappa shape index (κ3) is 2.61. The number of hydrogen-bond donors (Lipinski definition) is 1. The van der Waals surface area contributed by atoms with Gasteiger partial charge >= 0.3 is 5.97 Å². The highest BCUT2D eigenvalue weighted by Gasteiger charge is 2.16. The van der Waals surface area contributed by atoms with Crippen LogP contribution in [0.15, 0.2) is 30.5 Å². The Labute approximate surface area is 117 Å². The van der Waals surface area contributed by atoms with Crippen LogP contribution in [0.25, 0.3) is 11.1 Å². The summed E-state index contributed by atoms with van der Waals surface area (Å²) in [7, 11) is 3.16. The van der Waals surface area contributed by atoms with Crippen LogP contribution in [-0.4, -0.2) is 31.8 Å². The first kappa shape index (κ1) is 14.0. The van der Waals surface area contributed by atoms with Crippen LogP contribution in [-0.2, 0) is 4.74 Å². The lowest BCUT2D eigenvalue weighted by Crippen LogP contribution is -2.06. The Bertz CT molecular complexity index is 604. The third-order valence-electron chi connectivity index (χ3n) is 2.92. The minimum Gasteiger partial charge on any atom is -0.493 e. The van der Waals surface area contributed by atoms with Gasteiger partial charge in [0.1, 0.15) is 5.69 Å². The molecule has 0 saturated carbocycles. The van der Waals surface area contributed by atoms with Crippen LogP contribution >= 0.6 is 0 Å². The summed E-state index contributed by atoms with van der Waals surface area (Å²) < 4.78 is 15.5. The number of ether oxygens (including phenoxy) is 3. The zero-order chi connectivity index (χ0) is 14.5. The van der Waals surface area contributed by atoms with Gasteiger partial charge in [-0.05, 0) is 30.7 Å². The highest BCUT2D eigenvalue weighted by atomic mass is 16.5. The molecule has 2 rings (SSSR count). The van der Waals surface area contributed by atoms with Crippen LogP contribution in [0.1, 0.15) is 17.4 Å². The van der Waals surface area contributed by atoms with Gasteiger partial charge in [0.25, 0.3) is 0 Å². The Morgan fingerprint density at radius 2 is 1.90 bits per heavy atom. The van der Waals surface area contributed by atoms with Crippen LogP contribution in [0.4, 0.5) is 0 Å². The van der Waals surface area contributed by atoms with Gasteiger partial charge in [-0.25, -0.2) is 4.79 Å².